The smallest absolute Gasteiger partial charge is 0.107 e. The van der Waals surface area contributed by atoms with Gasteiger partial charge in [-0.05, 0) is 24.4 Å². The molecule has 0 spiro atoms. The Morgan fingerprint density at radius 3 is 2.81 bits per heavy atom. The van der Waals surface area contributed by atoms with Crippen molar-refractivity contribution in [2.45, 2.75) is 25.9 Å². The first-order valence-electron chi connectivity index (χ1n) is 5.88. The van der Waals surface area contributed by atoms with Crippen LogP contribution >= 0.6 is 0 Å². The molecule has 2 unspecified atom stereocenters. The van der Waals surface area contributed by atoms with Crippen molar-refractivity contribution in [2.24, 2.45) is 11.1 Å². The lowest BCUT2D eigenvalue weighted by atomic mass is 9.94. The number of nitrogens with zero attached hydrogens (tertiary/aromatic N) is 2. The van der Waals surface area contributed by atoms with Crippen molar-refractivity contribution in [2.75, 3.05) is 13.1 Å². The van der Waals surface area contributed by atoms with E-state index in [2.05, 4.69) is 41.3 Å². The Hall–Kier alpha value is -1.22. The van der Waals surface area contributed by atoms with Crippen LogP contribution in [-0.4, -0.2) is 24.0 Å². The number of likely N-dealkylation sites (tertiary alicyclic amines) is 1. The molecule has 16 heavy (non-hydrogen) atoms. The van der Waals surface area contributed by atoms with Crippen molar-refractivity contribution in [1.82, 2.24) is 4.90 Å². The maximum absolute atomic E-state index is 10.7. The lowest BCUT2D eigenvalue weighted by Gasteiger charge is -2.33. The third-order valence-electron chi connectivity index (χ3n) is 3.39. The second kappa shape index (κ2) is 5.21. The molecule has 2 rings (SSSR count). The first-order chi connectivity index (χ1) is 7.79. The van der Waals surface area contributed by atoms with E-state index in [9.17, 15) is 4.91 Å². The van der Waals surface area contributed by atoms with E-state index < -0.39 is 0 Å². The van der Waals surface area contributed by atoms with Gasteiger partial charge in [0.15, 0.2) is 0 Å². The molecule has 1 aromatic rings. The first-order valence-corrected chi connectivity index (χ1v) is 5.88. The van der Waals surface area contributed by atoms with Gasteiger partial charge in [0.1, 0.15) is 6.04 Å². The summed E-state index contributed by atoms with van der Waals surface area (Å²) in [5, 5.41) is 3.23. The highest BCUT2D eigenvalue weighted by Crippen LogP contribution is 2.21. The van der Waals surface area contributed by atoms with Crippen LogP contribution in [0.2, 0.25) is 0 Å². The summed E-state index contributed by atoms with van der Waals surface area (Å²) in [6.45, 7) is 4.92. The van der Waals surface area contributed by atoms with Crippen molar-refractivity contribution < 1.29 is 0 Å². The van der Waals surface area contributed by atoms with Gasteiger partial charge in [-0.15, -0.1) is 0 Å². The van der Waals surface area contributed by atoms with Gasteiger partial charge in [0.05, 0.1) is 0 Å². The van der Waals surface area contributed by atoms with E-state index in [0.29, 0.717) is 5.92 Å². The van der Waals surface area contributed by atoms with E-state index in [1.54, 1.807) is 0 Å². The Labute approximate surface area is 96.4 Å². The Bertz CT molecular complexity index is 339. The summed E-state index contributed by atoms with van der Waals surface area (Å²) < 4.78 is 0. The average Bonchev–Trinajstić information content (AvgIpc) is 2.33. The molecular weight excluding hydrogens is 200 g/mol. The molecule has 2 atom stereocenters. The predicted molar refractivity (Wildman–Crippen MR) is 65.1 cm³/mol. The fraction of sp³-hybridized carbons (Fsp3) is 0.538. The van der Waals surface area contributed by atoms with Crippen LogP contribution < -0.4 is 0 Å². The van der Waals surface area contributed by atoms with Crippen molar-refractivity contribution in [1.29, 1.82) is 0 Å². The lowest BCUT2D eigenvalue weighted by Crippen LogP contribution is -2.41. The summed E-state index contributed by atoms with van der Waals surface area (Å²) in [6, 6.07) is 10.4. The van der Waals surface area contributed by atoms with Gasteiger partial charge >= 0.3 is 0 Å². The average molecular weight is 218 g/mol. The Morgan fingerprint density at radius 1 is 1.38 bits per heavy atom. The Kier molecular flexibility index (Phi) is 3.67. The summed E-state index contributed by atoms with van der Waals surface area (Å²) in [5.74, 6) is 0.435. The molecule has 1 aromatic carbocycles. The molecule has 3 heteroatoms. The van der Waals surface area contributed by atoms with E-state index in [1.165, 1.54) is 5.56 Å². The maximum Gasteiger partial charge on any atom is 0.107 e. The zero-order valence-corrected chi connectivity index (χ0v) is 9.67. The lowest BCUT2D eigenvalue weighted by molar-refractivity contribution is 0.162. The Morgan fingerprint density at radius 2 is 2.12 bits per heavy atom. The largest absolute Gasteiger partial charge is 0.297 e. The van der Waals surface area contributed by atoms with Crippen LogP contribution in [0, 0.1) is 10.8 Å². The molecule has 0 aromatic heterocycles. The second-order valence-corrected chi connectivity index (χ2v) is 4.66. The number of piperidine rings is 1. The monoisotopic (exact) mass is 218 g/mol. The van der Waals surface area contributed by atoms with Crippen molar-refractivity contribution in [3.05, 3.63) is 40.8 Å². The van der Waals surface area contributed by atoms with E-state index in [-0.39, 0.29) is 6.04 Å². The van der Waals surface area contributed by atoms with Gasteiger partial charge in [-0.1, -0.05) is 42.4 Å². The summed E-state index contributed by atoms with van der Waals surface area (Å²) in [7, 11) is 0. The molecule has 0 N–H and O–H groups in total. The molecule has 0 radical (unpaired) electrons. The third-order valence-corrected chi connectivity index (χ3v) is 3.39. The van der Waals surface area contributed by atoms with E-state index >= 15 is 0 Å². The molecule has 3 nitrogen and oxygen atoms in total. The van der Waals surface area contributed by atoms with Crippen LogP contribution in [-0.2, 0) is 6.54 Å². The molecule has 0 amide bonds. The van der Waals surface area contributed by atoms with Crippen molar-refractivity contribution in [3.8, 4) is 0 Å². The maximum atomic E-state index is 10.7. The summed E-state index contributed by atoms with van der Waals surface area (Å²) >= 11 is 0. The minimum atomic E-state index is -0.0301. The number of rotatable bonds is 3. The molecule has 86 valence electrons. The van der Waals surface area contributed by atoms with Gasteiger partial charge < -0.3 is 0 Å². The van der Waals surface area contributed by atoms with Crippen molar-refractivity contribution in [3.63, 3.8) is 0 Å². The minimum Gasteiger partial charge on any atom is -0.297 e. The topological polar surface area (TPSA) is 32.7 Å². The van der Waals surface area contributed by atoms with Gasteiger partial charge in [0.25, 0.3) is 0 Å². The zero-order chi connectivity index (χ0) is 11.4. The van der Waals surface area contributed by atoms with E-state index in [4.69, 9.17) is 0 Å². The van der Waals surface area contributed by atoms with Gasteiger partial charge in [-0.25, -0.2) is 0 Å². The van der Waals surface area contributed by atoms with Crippen LogP contribution in [0.4, 0.5) is 0 Å². The van der Waals surface area contributed by atoms with Crippen LogP contribution in [0.5, 0.6) is 0 Å². The van der Waals surface area contributed by atoms with Crippen LogP contribution in [0.3, 0.4) is 0 Å². The SMILES string of the molecule is CC1CCN(Cc2ccccc2)CC1N=O. The fourth-order valence-corrected chi connectivity index (χ4v) is 2.24. The molecule has 0 bridgehead atoms. The van der Waals surface area contributed by atoms with Gasteiger partial charge in [0.2, 0.25) is 0 Å². The predicted octanol–water partition coefficient (Wildman–Crippen LogP) is 2.66. The second-order valence-electron chi connectivity index (χ2n) is 4.66. The molecule has 0 saturated carbocycles. The summed E-state index contributed by atoms with van der Waals surface area (Å²) in [4.78, 5) is 13.0. The van der Waals surface area contributed by atoms with Crippen molar-refractivity contribution >= 4 is 0 Å². The number of nitroso groups, excluding NO2 is 1. The van der Waals surface area contributed by atoms with Crippen LogP contribution in [0.15, 0.2) is 35.5 Å². The fourth-order valence-electron chi connectivity index (χ4n) is 2.24. The van der Waals surface area contributed by atoms with Gasteiger partial charge in [0, 0.05) is 13.1 Å². The molecule has 1 fully saturated rings. The number of hydrogen-bond acceptors (Lipinski definition) is 3. The molecule has 1 heterocycles. The summed E-state index contributed by atoms with van der Waals surface area (Å²) in [5.41, 5.74) is 1.31. The third kappa shape index (κ3) is 2.67. The standard InChI is InChI=1S/C13H18N2O/c1-11-7-8-15(10-13(11)14-16)9-12-5-3-2-4-6-12/h2-6,11,13H,7-10H2,1H3. The molecule has 1 saturated heterocycles. The number of hydrogen-bond donors (Lipinski definition) is 0. The van der Waals surface area contributed by atoms with E-state index in [1.807, 2.05) is 6.07 Å². The highest BCUT2D eigenvalue weighted by atomic mass is 16.3. The van der Waals surface area contributed by atoms with Gasteiger partial charge in [-0.2, -0.15) is 4.91 Å². The molecule has 0 aliphatic carbocycles. The minimum absolute atomic E-state index is 0.0301. The summed E-state index contributed by atoms with van der Waals surface area (Å²) in [6.07, 6.45) is 1.07. The highest BCUT2D eigenvalue weighted by Gasteiger charge is 2.26. The quantitative estimate of drug-likeness (QED) is 0.731. The molecular formula is C13H18N2O. The van der Waals surface area contributed by atoms with Gasteiger partial charge in [-0.3, -0.25) is 4.90 Å². The highest BCUT2D eigenvalue weighted by molar-refractivity contribution is 5.14. The first kappa shape index (κ1) is 11.3. The zero-order valence-electron chi connectivity index (χ0n) is 9.67. The normalized spacial score (nSPS) is 26.6. The van der Waals surface area contributed by atoms with Crippen LogP contribution in [0.1, 0.15) is 18.9 Å². The molecule has 1 aliphatic rings. The Balaban J connectivity index is 1.94. The molecule has 1 aliphatic heterocycles. The van der Waals surface area contributed by atoms with E-state index in [0.717, 1.165) is 26.1 Å². The number of benzene rings is 1. The van der Waals surface area contributed by atoms with Crippen LogP contribution in [0.25, 0.3) is 0 Å².